The molecule has 0 aliphatic carbocycles. The Hall–Kier alpha value is -2.50. The summed E-state index contributed by atoms with van der Waals surface area (Å²) in [6.45, 7) is 9.67. The Morgan fingerprint density at radius 3 is 2.65 bits per heavy atom. The summed E-state index contributed by atoms with van der Waals surface area (Å²) in [6.07, 6.45) is 1.69. The summed E-state index contributed by atoms with van der Waals surface area (Å²) in [5, 5.41) is 2.84. The molecule has 6 nitrogen and oxygen atoms in total. The summed E-state index contributed by atoms with van der Waals surface area (Å²) in [7, 11) is 0. The van der Waals surface area contributed by atoms with E-state index in [0.717, 1.165) is 11.3 Å². The number of nitrogens with zero attached hydrogens (tertiary/aromatic N) is 2. The highest BCUT2D eigenvalue weighted by Gasteiger charge is 2.20. The van der Waals surface area contributed by atoms with Crippen LogP contribution in [0, 0.1) is 6.92 Å². The SMILES string of the molecule is Cc1cccnc1[C@@H](C)NC(=O)c1cc(C(C)(C)C)[nH]c(=O)n1. The maximum absolute atomic E-state index is 12.4. The van der Waals surface area contributed by atoms with Crippen molar-refractivity contribution in [3.63, 3.8) is 0 Å². The molecule has 0 aromatic carbocycles. The summed E-state index contributed by atoms with van der Waals surface area (Å²) in [5.74, 6) is -0.390. The van der Waals surface area contributed by atoms with E-state index in [1.54, 1.807) is 12.3 Å². The first-order chi connectivity index (χ1) is 10.7. The van der Waals surface area contributed by atoms with Crippen molar-refractivity contribution in [1.82, 2.24) is 20.3 Å². The molecule has 122 valence electrons. The largest absolute Gasteiger partial charge is 0.345 e. The maximum Gasteiger partial charge on any atom is 0.345 e. The minimum absolute atomic E-state index is 0.110. The second-order valence-corrected chi connectivity index (χ2v) is 6.64. The van der Waals surface area contributed by atoms with Crippen LogP contribution >= 0.6 is 0 Å². The number of hydrogen-bond donors (Lipinski definition) is 2. The van der Waals surface area contributed by atoms with Gasteiger partial charge in [0, 0.05) is 17.3 Å². The van der Waals surface area contributed by atoms with Crippen molar-refractivity contribution in [3.05, 3.63) is 57.5 Å². The second-order valence-electron chi connectivity index (χ2n) is 6.64. The van der Waals surface area contributed by atoms with Crippen LogP contribution in [0.1, 0.15) is 61.2 Å². The Morgan fingerprint density at radius 2 is 2.04 bits per heavy atom. The molecule has 2 aromatic rings. The van der Waals surface area contributed by atoms with E-state index in [-0.39, 0.29) is 23.1 Å². The van der Waals surface area contributed by atoms with Crippen LogP contribution in [0.3, 0.4) is 0 Å². The van der Waals surface area contributed by atoms with Gasteiger partial charge in [0.2, 0.25) is 0 Å². The molecule has 0 fully saturated rings. The third kappa shape index (κ3) is 4.03. The van der Waals surface area contributed by atoms with Gasteiger partial charge in [-0.15, -0.1) is 0 Å². The van der Waals surface area contributed by atoms with E-state index in [1.165, 1.54) is 0 Å². The van der Waals surface area contributed by atoms with Crippen LogP contribution in [0.4, 0.5) is 0 Å². The Labute approximate surface area is 135 Å². The zero-order chi connectivity index (χ0) is 17.2. The van der Waals surface area contributed by atoms with E-state index >= 15 is 0 Å². The van der Waals surface area contributed by atoms with E-state index in [1.807, 2.05) is 46.8 Å². The van der Waals surface area contributed by atoms with Crippen LogP contribution in [0.15, 0.2) is 29.2 Å². The van der Waals surface area contributed by atoms with Gasteiger partial charge in [-0.2, -0.15) is 4.98 Å². The Bertz CT molecular complexity index is 775. The number of rotatable bonds is 3. The van der Waals surface area contributed by atoms with Crippen molar-refractivity contribution in [1.29, 1.82) is 0 Å². The fraction of sp³-hybridized carbons (Fsp3) is 0.412. The third-order valence-corrected chi connectivity index (χ3v) is 3.59. The third-order valence-electron chi connectivity index (χ3n) is 3.59. The first kappa shape index (κ1) is 16.9. The Kier molecular flexibility index (Phi) is 4.63. The van der Waals surface area contributed by atoms with Crippen molar-refractivity contribution < 1.29 is 4.79 Å². The van der Waals surface area contributed by atoms with E-state index in [0.29, 0.717) is 5.69 Å². The normalized spacial score (nSPS) is 12.7. The van der Waals surface area contributed by atoms with Gasteiger partial charge in [0.15, 0.2) is 0 Å². The maximum atomic E-state index is 12.4. The van der Waals surface area contributed by atoms with E-state index in [2.05, 4.69) is 20.3 Å². The molecule has 1 amide bonds. The number of aryl methyl sites for hydroxylation is 1. The molecule has 0 saturated heterocycles. The standard InChI is InChI=1S/C17H22N4O2/c1-10-7-6-8-18-14(10)11(2)19-15(22)12-9-13(17(3,4)5)21-16(23)20-12/h6-9,11H,1-5H3,(H,19,22)(H,20,21,23)/t11-/m1/s1. The molecule has 0 spiro atoms. The Balaban J connectivity index is 2.26. The van der Waals surface area contributed by atoms with Gasteiger partial charge in [-0.05, 0) is 31.5 Å². The van der Waals surface area contributed by atoms with E-state index in [4.69, 9.17) is 0 Å². The molecule has 0 saturated carbocycles. The second kappa shape index (κ2) is 6.32. The summed E-state index contributed by atoms with van der Waals surface area (Å²) >= 11 is 0. The molecular weight excluding hydrogens is 292 g/mol. The topological polar surface area (TPSA) is 87.7 Å². The fourth-order valence-corrected chi connectivity index (χ4v) is 2.27. The summed E-state index contributed by atoms with van der Waals surface area (Å²) in [6, 6.07) is 5.13. The molecule has 0 aliphatic rings. The number of nitrogens with one attached hydrogen (secondary N) is 2. The van der Waals surface area contributed by atoms with Crippen molar-refractivity contribution >= 4 is 5.91 Å². The Morgan fingerprint density at radius 1 is 1.35 bits per heavy atom. The van der Waals surface area contributed by atoms with E-state index < -0.39 is 5.69 Å². The van der Waals surface area contributed by atoms with Crippen LogP contribution in [-0.2, 0) is 5.41 Å². The van der Waals surface area contributed by atoms with Crippen LogP contribution in [0.5, 0.6) is 0 Å². The van der Waals surface area contributed by atoms with Crippen LogP contribution in [-0.4, -0.2) is 20.9 Å². The average Bonchev–Trinajstić information content (AvgIpc) is 2.46. The molecule has 2 aromatic heterocycles. The van der Waals surface area contributed by atoms with Crippen molar-refractivity contribution in [2.75, 3.05) is 0 Å². The molecule has 2 N–H and O–H groups in total. The molecule has 0 aliphatic heterocycles. The predicted octanol–water partition coefficient (Wildman–Crippen LogP) is 2.26. The fourth-order valence-electron chi connectivity index (χ4n) is 2.27. The molecule has 0 unspecified atom stereocenters. The number of amides is 1. The highest BCUT2D eigenvalue weighted by Crippen LogP contribution is 2.19. The molecular formula is C17H22N4O2. The average molecular weight is 314 g/mol. The minimum Gasteiger partial charge on any atom is -0.343 e. The first-order valence-corrected chi connectivity index (χ1v) is 7.52. The van der Waals surface area contributed by atoms with Gasteiger partial charge in [-0.1, -0.05) is 26.8 Å². The number of H-pyrrole nitrogens is 1. The molecule has 23 heavy (non-hydrogen) atoms. The lowest BCUT2D eigenvalue weighted by atomic mass is 9.91. The number of carbonyl (C=O) groups excluding carboxylic acids is 1. The van der Waals surface area contributed by atoms with Gasteiger partial charge in [0.25, 0.3) is 5.91 Å². The molecule has 0 bridgehead atoms. The lowest BCUT2D eigenvalue weighted by Crippen LogP contribution is -2.32. The smallest absolute Gasteiger partial charge is 0.343 e. The summed E-state index contributed by atoms with van der Waals surface area (Å²) < 4.78 is 0. The lowest BCUT2D eigenvalue weighted by molar-refractivity contribution is 0.0933. The van der Waals surface area contributed by atoms with Crippen molar-refractivity contribution in [2.24, 2.45) is 0 Å². The number of aromatic nitrogens is 3. The van der Waals surface area contributed by atoms with Crippen LogP contribution < -0.4 is 11.0 Å². The highest BCUT2D eigenvalue weighted by molar-refractivity contribution is 5.92. The molecule has 1 atom stereocenters. The van der Waals surface area contributed by atoms with E-state index in [9.17, 15) is 9.59 Å². The van der Waals surface area contributed by atoms with Gasteiger partial charge in [-0.25, -0.2) is 4.79 Å². The summed E-state index contributed by atoms with van der Waals surface area (Å²) in [5.41, 5.74) is 1.77. The number of aromatic amines is 1. The van der Waals surface area contributed by atoms with Crippen molar-refractivity contribution in [2.45, 2.75) is 46.1 Å². The zero-order valence-electron chi connectivity index (χ0n) is 14.1. The van der Waals surface area contributed by atoms with Gasteiger partial charge < -0.3 is 10.3 Å². The molecule has 6 heteroatoms. The molecule has 0 radical (unpaired) electrons. The predicted molar refractivity (Wildman–Crippen MR) is 88.4 cm³/mol. The molecule has 2 heterocycles. The number of carbonyl (C=O) groups is 1. The first-order valence-electron chi connectivity index (χ1n) is 7.52. The van der Waals surface area contributed by atoms with Crippen LogP contribution in [0.2, 0.25) is 0 Å². The monoisotopic (exact) mass is 314 g/mol. The van der Waals surface area contributed by atoms with Crippen LogP contribution in [0.25, 0.3) is 0 Å². The minimum atomic E-state index is -0.524. The van der Waals surface area contributed by atoms with Gasteiger partial charge >= 0.3 is 5.69 Å². The van der Waals surface area contributed by atoms with Gasteiger partial charge in [0.05, 0.1) is 11.7 Å². The molecule has 2 rings (SSSR count). The van der Waals surface area contributed by atoms with Gasteiger partial charge in [-0.3, -0.25) is 9.78 Å². The summed E-state index contributed by atoms with van der Waals surface area (Å²) in [4.78, 5) is 34.9. The quantitative estimate of drug-likeness (QED) is 0.909. The van der Waals surface area contributed by atoms with Gasteiger partial charge in [0.1, 0.15) is 5.69 Å². The zero-order valence-corrected chi connectivity index (χ0v) is 14.1. The lowest BCUT2D eigenvalue weighted by Gasteiger charge is -2.19. The number of pyridine rings is 1. The van der Waals surface area contributed by atoms with Crippen molar-refractivity contribution in [3.8, 4) is 0 Å². The highest BCUT2D eigenvalue weighted by atomic mass is 16.2. The number of hydrogen-bond acceptors (Lipinski definition) is 4.